The van der Waals surface area contributed by atoms with Crippen LogP contribution in [0.3, 0.4) is 0 Å². The second-order valence-electron chi connectivity index (χ2n) is 5.13. The standard InChI is InChI=1S/C16H17NO/c1-11(12-9-10-12)17-16(18)15-8-4-6-13-5-2-3-7-14(13)15/h2-8,11-12H,9-10H2,1H3,(H,17,18). The zero-order valence-electron chi connectivity index (χ0n) is 10.5. The average Bonchev–Trinajstić information content (AvgIpc) is 3.22. The zero-order chi connectivity index (χ0) is 12.5. The van der Waals surface area contributed by atoms with Crippen LogP contribution in [0.5, 0.6) is 0 Å². The van der Waals surface area contributed by atoms with E-state index in [0.29, 0.717) is 5.92 Å². The van der Waals surface area contributed by atoms with Gasteiger partial charge in [-0.25, -0.2) is 0 Å². The zero-order valence-corrected chi connectivity index (χ0v) is 10.5. The van der Waals surface area contributed by atoms with Gasteiger partial charge in [0.2, 0.25) is 0 Å². The minimum atomic E-state index is 0.0474. The molecule has 1 amide bonds. The van der Waals surface area contributed by atoms with E-state index in [4.69, 9.17) is 0 Å². The van der Waals surface area contributed by atoms with Gasteiger partial charge in [0.25, 0.3) is 5.91 Å². The summed E-state index contributed by atoms with van der Waals surface area (Å²) >= 11 is 0. The molecule has 18 heavy (non-hydrogen) atoms. The van der Waals surface area contributed by atoms with Gasteiger partial charge in [-0.15, -0.1) is 0 Å². The van der Waals surface area contributed by atoms with Gasteiger partial charge in [0.05, 0.1) is 0 Å². The van der Waals surface area contributed by atoms with Gasteiger partial charge in [0.1, 0.15) is 0 Å². The minimum absolute atomic E-state index is 0.0474. The van der Waals surface area contributed by atoms with Crippen LogP contribution in [-0.4, -0.2) is 11.9 Å². The molecule has 2 nitrogen and oxygen atoms in total. The molecule has 0 radical (unpaired) electrons. The summed E-state index contributed by atoms with van der Waals surface area (Å²) in [4.78, 5) is 12.3. The second kappa shape index (κ2) is 4.45. The smallest absolute Gasteiger partial charge is 0.252 e. The van der Waals surface area contributed by atoms with E-state index in [0.717, 1.165) is 16.3 Å². The van der Waals surface area contributed by atoms with Gasteiger partial charge in [-0.2, -0.15) is 0 Å². The van der Waals surface area contributed by atoms with Gasteiger partial charge >= 0.3 is 0 Å². The summed E-state index contributed by atoms with van der Waals surface area (Å²) in [6.45, 7) is 2.10. The van der Waals surface area contributed by atoms with Gasteiger partial charge in [-0.3, -0.25) is 4.79 Å². The largest absolute Gasteiger partial charge is 0.349 e. The van der Waals surface area contributed by atoms with Crippen LogP contribution in [0.25, 0.3) is 10.8 Å². The van der Waals surface area contributed by atoms with Crippen molar-refractivity contribution in [3.8, 4) is 0 Å². The van der Waals surface area contributed by atoms with Gasteiger partial charge in [0, 0.05) is 11.6 Å². The van der Waals surface area contributed by atoms with E-state index in [9.17, 15) is 4.79 Å². The summed E-state index contributed by atoms with van der Waals surface area (Å²) in [5, 5.41) is 5.25. The summed E-state index contributed by atoms with van der Waals surface area (Å²) in [5.74, 6) is 0.732. The molecule has 92 valence electrons. The van der Waals surface area contributed by atoms with Crippen LogP contribution in [0.1, 0.15) is 30.1 Å². The first kappa shape index (κ1) is 11.3. The van der Waals surface area contributed by atoms with E-state index >= 15 is 0 Å². The number of fused-ring (bicyclic) bond motifs is 1. The van der Waals surface area contributed by atoms with Crippen LogP contribution in [-0.2, 0) is 0 Å². The predicted molar refractivity (Wildman–Crippen MR) is 73.6 cm³/mol. The number of nitrogens with one attached hydrogen (secondary N) is 1. The maximum absolute atomic E-state index is 12.3. The maximum Gasteiger partial charge on any atom is 0.252 e. The number of amides is 1. The highest BCUT2D eigenvalue weighted by Gasteiger charge is 2.29. The van der Waals surface area contributed by atoms with Crippen LogP contribution >= 0.6 is 0 Å². The number of hydrogen-bond donors (Lipinski definition) is 1. The molecule has 0 heterocycles. The van der Waals surface area contributed by atoms with Crippen molar-refractivity contribution in [2.75, 3.05) is 0 Å². The molecule has 1 unspecified atom stereocenters. The Hall–Kier alpha value is -1.83. The Kier molecular flexibility index (Phi) is 2.78. The van der Waals surface area contributed by atoms with Crippen molar-refractivity contribution in [2.24, 2.45) is 5.92 Å². The minimum Gasteiger partial charge on any atom is -0.349 e. The van der Waals surface area contributed by atoms with Crippen molar-refractivity contribution in [3.63, 3.8) is 0 Å². The normalized spacial score (nSPS) is 16.5. The van der Waals surface area contributed by atoms with Gasteiger partial charge < -0.3 is 5.32 Å². The highest BCUT2D eigenvalue weighted by Crippen LogP contribution is 2.32. The SMILES string of the molecule is CC(NC(=O)c1cccc2ccccc12)C1CC1. The van der Waals surface area contributed by atoms with E-state index in [2.05, 4.69) is 12.2 Å². The fourth-order valence-corrected chi connectivity index (χ4v) is 2.42. The van der Waals surface area contributed by atoms with Crippen LogP contribution in [0.15, 0.2) is 42.5 Å². The van der Waals surface area contributed by atoms with Crippen molar-refractivity contribution in [1.82, 2.24) is 5.32 Å². The van der Waals surface area contributed by atoms with Crippen molar-refractivity contribution in [1.29, 1.82) is 0 Å². The van der Waals surface area contributed by atoms with Crippen molar-refractivity contribution >= 4 is 16.7 Å². The molecular weight excluding hydrogens is 222 g/mol. The molecule has 1 fully saturated rings. The number of hydrogen-bond acceptors (Lipinski definition) is 1. The average molecular weight is 239 g/mol. The van der Waals surface area contributed by atoms with E-state index in [1.165, 1.54) is 12.8 Å². The number of carbonyl (C=O) groups excluding carboxylic acids is 1. The fraction of sp³-hybridized carbons (Fsp3) is 0.312. The third-order valence-corrected chi connectivity index (χ3v) is 3.72. The molecule has 0 bridgehead atoms. The quantitative estimate of drug-likeness (QED) is 0.874. The van der Waals surface area contributed by atoms with Gasteiger partial charge in [-0.05, 0) is 42.5 Å². The first-order chi connectivity index (χ1) is 8.75. The molecule has 1 aliphatic carbocycles. The van der Waals surface area contributed by atoms with Crippen molar-refractivity contribution < 1.29 is 4.79 Å². The Balaban J connectivity index is 1.90. The van der Waals surface area contributed by atoms with Crippen LogP contribution in [0, 0.1) is 5.92 Å². The highest BCUT2D eigenvalue weighted by molar-refractivity contribution is 6.07. The van der Waals surface area contributed by atoms with Crippen molar-refractivity contribution in [3.05, 3.63) is 48.0 Å². The predicted octanol–water partition coefficient (Wildman–Crippen LogP) is 3.37. The monoisotopic (exact) mass is 239 g/mol. The van der Waals surface area contributed by atoms with E-state index in [1.807, 2.05) is 42.5 Å². The maximum atomic E-state index is 12.3. The molecule has 0 spiro atoms. The lowest BCUT2D eigenvalue weighted by Gasteiger charge is -2.13. The molecule has 0 aliphatic heterocycles. The first-order valence-electron chi connectivity index (χ1n) is 6.54. The van der Waals surface area contributed by atoms with E-state index < -0.39 is 0 Å². The van der Waals surface area contributed by atoms with Gasteiger partial charge in [-0.1, -0.05) is 36.4 Å². The van der Waals surface area contributed by atoms with Crippen LogP contribution in [0.2, 0.25) is 0 Å². The molecule has 1 N–H and O–H groups in total. The highest BCUT2D eigenvalue weighted by atomic mass is 16.1. The fourth-order valence-electron chi connectivity index (χ4n) is 2.42. The molecule has 2 aromatic rings. The van der Waals surface area contributed by atoms with Gasteiger partial charge in [0.15, 0.2) is 0 Å². The van der Waals surface area contributed by atoms with E-state index in [-0.39, 0.29) is 11.9 Å². The summed E-state index contributed by atoms with van der Waals surface area (Å²) in [6, 6.07) is 14.2. The Labute approximate surface area is 107 Å². The third kappa shape index (κ3) is 2.10. The Bertz CT molecular complexity index is 581. The second-order valence-corrected chi connectivity index (χ2v) is 5.13. The Morgan fingerprint density at radius 2 is 1.89 bits per heavy atom. The molecule has 0 saturated heterocycles. The lowest BCUT2D eigenvalue weighted by molar-refractivity contribution is 0.0937. The first-order valence-corrected chi connectivity index (χ1v) is 6.54. The molecule has 1 atom stereocenters. The summed E-state index contributed by atoms with van der Waals surface area (Å²) in [6.07, 6.45) is 2.49. The molecule has 3 rings (SSSR count). The number of rotatable bonds is 3. The third-order valence-electron chi connectivity index (χ3n) is 3.72. The molecule has 0 aromatic heterocycles. The molecule has 2 aromatic carbocycles. The lowest BCUT2D eigenvalue weighted by Crippen LogP contribution is -2.34. The molecule has 2 heteroatoms. The Morgan fingerprint density at radius 1 is 1.17 bits per heavy atom. The topological polar surface area (TPSA) is 29.1 Å². The molecule has 1 aliphatic rings. The molecular formula is C16H17NO. The van der Waals surface area contributed by atoms with Crippen LogP contribution < -0.4 is 5.32 Å². The van der Waals surface area contributed by atoms with Crippen molar-refractivity contribution in [2.45, 2.75) is 25.8 Å². The lowest BCUT2D eigenvalue weighted by atomic mass is 10.0. The summed E-state index contributed by atoms with van der Waals surface area (Å²) in [5.41, 5.74) is 0.778. The summed E-state index contributed by atoms with van der Waals surface area (Å²) in [7, 11) is 0. The summed E-state index contributed by atoms with van der Waals surface area (Å²) < 4.78 is 0. The number of benzene rings is 2. The Morgan fingerprint density at radius 3 is 2.67 bits per heavy atom. The van der Waals surface area contributed by atoms with E-state index in [1.54, 1.807) is 0 Å². The molecule has 1 saturated carbocycles. The van der Waals surface area contributed by atoms with Crippen LogP contribution in [0.4, 0.5) is 0 Å². The number of carbonyl (C=O) groups is 1.